The summed E-state index contributed by atoms with van der Waals surface area (Å²) in [7, 11) is 0. The second-order valence-corrected chi connectivity index (χ2v) is 5.59. The highest BCUT2D eigenvalue weighted by Gasteiger charge is 2.25. The monoisotopic (exact) mass is 325 g/mol. The van der Waals surface area contributed by atoms with Crippen LogP contribution in [0.2, 0.25) is 0 Å². The predicted octanol–water partition coefficient (Wildman–Crippen LogP) is 1.86. The van der Waals surface area contributed by atoms with Gasteiger partial charge in [-0.1, -0.05) is 12.1 Å². The average molecular weight is 325 g/mol. The van der Waals surface area contributed by atoms with E-state index < -0.39 is 0 Å². The Morgan fingerprint density at radius 3 is 2.29 bits per heavy atom. The van der Waals surface area contributed by atoms with Gasteiger partial charge in [0.1, 0.15) is 0 Å². The molecule has 1 fully saturated rings. The first-order valence-electron chi connectivity index (χ1n) is 7.79. The van der Waals surface area contributed by atoms with Crippen LogP contribution in [0.3, 0.4) is 0 Å². The van der Waals surface area contributed by atoms with Crippen molar-refractivity contribution in [2.75, 3.05) is 31.9 Å². The minimum absolute atomic E-state index is 0.0584. The van der Waals surface area contributed by atoms with Crippen molar-refractivity contribution < 1.29 is 14.0 Å². The molecule has 2 N–H and O–H groups in total. The molecule has 0 atom stereocenters. The zero-order chi connectivity index (χ0) is 16.9. The average Bonchev–Trinajstić information content (AvgIpc) is 3.15. The van der Waals surface area contributed by atoms with Crippen molar-refractivity contribution in [3.63, 3.8) is 0 Å². The van der Waals surface area contributed by atoms with Crippen molar-refractivity contribution in [3.05, 3.63) is 60.1 Å². The molecule has 124 valence electrons. The van der Waals surface area contributed by atoms with E-state index >= 15 is 0 Å². The zero-order valence-electron chi connectivity index (χ0n) is 13.2. The summed E-state index contributed by atoms with van der Waals surface area (Å²) >= 11 is 0. The van der Waals surface area contributed by atoms with Crippen LogP contribution in [0.4, 0.5) is 5.69 Å². The van der Waals surface area contributed by atoms with E-state index in [0.29, 0.717) is 37.6 Å². The first-order valence-corrected chi connectivity index (χ1v) is 7.79. The standard InChI is InChI=1S/C18H19N3O3/c19-15-6-3-14(4-7-15)5-8-17(22)20-9-11-21(12-10-20)18(23)16-2-1-13-24-16/h1-8,13H,9-12,19H2/b8-5+. The minimum Gasteiger partial charge on any atom is -0.459 e. The van der Waals surface area contributed by atoms with Gasteiger partial charge in [0.05, 0.1) is 6.26 Å². The number of nitrogen functional groups attached to an aromatic ring is 1. The molecule has 2 heterocycles. The number of furan rings is 1. The number of piperazine rings is 1. The Labute approximate surface area is 140 Å². The highest BCUT2D eigenvalue weighted by molar-refractivity contribution is 5.93. The van der Waals surface area contributed by atoms with Gasteiger partial charge in [0.15, 0.2) is 5.76 Å². The first kappa shape index (κ1) is 15.9. The highest BCUT2D eigenvalue weighted by atomic mass is 16.3. The number of hydrogen-bond acceptors (Lipinski definition) is 4. The van der Waals surface area contributed by atoms with E-state index in [0.717, 1.165) is 5.56 Å². The van der Waals surface area contributed by atoms with Gasteiger partial charge in [-0.2, -0.15) is 0 Å². The summed E-state index contributed by atoms with van der Waals surface area (Å²) < 4.78 is 5.13. The summed E-state index contributed by atoms with van der Waals surface area (Å²) in [5.74, 6) is 0.138. The first-order chi connectivity index (χ1) is 11.6. The third kappa shape index (κ3) is 3.65. The molecule has 6 heteroatoms. The van der Waals surface area contributed by atoms with Crippen LogP contribution in [0, 0.1) is 0 Å². The molecule has 3 rings (SSSR count). The summed E-state index contributed by atoms with van der Waals surface area (Å²) in [6.07, 6.45) is 4.80. The Morgan fingerprint density at radius 1 is 1.00 bits per heavy atom. The molecule has 2 amide bonds. The van der Waals surface area contributed by atoms with Crippen molar-refractivity contribution in [2.45, 2.75) is 0 Å². The number of nitrogens with zero attached hydrogens (tertiary/aromatic N) is 2. The van der Waals surface area contributed by atoms with Gasteiger partial charge in [-0.15, -0.1) is 0 Å². The van der Waals surface area contributed by atoms with Crippen LogP contribution in [-0.4, -0.2) is 47.8 Å². The van der Waals surface area contributed by atoms with Gasteiger partial charge in [0, 0.05) is 37.9 Å². The zero-order valence-corrected chi connectivity index (χ0v) is 13.2. The van der Waals surface area contributed by atoms with Gasteiger partial charge in [-0.3, -0.25) is 9.59 Å². The van der Waals surface area contributed by atoms with Gasteiger partial charge in [-0.05, 0) is 35.9 Å². The number of carbonyl (C=O) groups excluding carboxylic acids is 2. The van der Waals surface area contributed by atoms with E-state index in [1.807, 2.05) is 12.1 Å². The Hall–Kier alpha value is -3.02. The number of rotatable bonds is 3. The van der Waals surface area contributed by atoms with Crippen LogP contribution >= 0.6 is 0 Å². The van der Waals surface area contributed by atoms with Gasteiger partial charge in [0.25, 0.3) is 5.91 Å². The summed E-state index contributed by atoms with van der Waals surface area (Å²) in [4.78, 5) is 27.9. The number of hydrogen-bond donors (Lipinski definition) is 1. The Morgan fingerprint density at radius 2 is 1.67 bits per heavy atom. The molecular weight excluding hydrogens is 306 g/mol. The topological polar surface area (TPSA) is 79.8 Å². The minimum atomic E-state index is -0.135. The molecule has 0 unspecified atom stereocenters. The molecule has 1 aromatic heterocycles. The fraction of sp³-hybridized carbons (Fsp3) is 0.222. The normalized spacial score (nSPS) is 15.0. The maximum atomic E-state index is 12.2. The molecule has 6 nitrogen and oxygen atoms in total. The summed E-state index contributed by atoms with van der Waals surface area (Å²) in [6.45, 7) is 2.02. The molecule has 0 aliphatic carbocycles. The smallest absolute Gasteiger partial charge is 0.289 e. The lowest BCUT2D eigenvalue weighted by Gasteiger charge is -2.33. The molecule has 0 bridgehead atoms. The third-order valence-corrected chi connectivity index (χ3v) is 3.97. The largest absolute Gasteiger partial charge is 0.459 e. The van der Waals surface area contributed by atoms with Crippen molar-refractivity contribution in [1.29, 1.82) is 0 Å². The molecule has 24 heavy (non-hydrogen) atoms. The van der Waals surface area contributed by atoms with Crippen LogP contribution in [-0.2, 0) is 4.79 Å². The molecular formula is C18H19N3O3. The van der Waals surface area contributed by atoms with Crippen LogP contribution < -0.4 is 5.73 Å². The van der Waals surface area contributed by atoms with Gasteiger partial charge in [-0.25, -0.2) is 0 Å². The maximum Gasteiger partial charge on any atom is 0.289 e. The van der Waals surface area contributed by atoms with Crippen LogP contribution in [0.1, 0.15) is 16.1 Å². The quantitative estimate of drug-likeness (QED) is 0.690. The fourth-order valence-electron chi connectivity index (χ4n) is 2.57. The summed E-state index contributed by atoms with van der Waals surface area (Å²) in [5.41, 5.74) is 7.25. The van der Waals surface area contributed by atoms with E-state index in [9.17, 15) is 9.59 Å². The number of nitrogens with two attached hydrogens (primary N) is 1. The summed E-state index contributed by atoms with van der Waals surface area (Å²) in [6, 6.07) is 10.6. The van der Waals surface area contributed by atoms with Gasteiger partial charge >= 0.3 is 0 Å². The lowest BCUT2D eigenvalue weighted by Crippen LogP contribution is -2.50. The van der Waals surface area contributed by atoms with Crippen molar-refractivity contribution in [3.8, 4) is 0 Å². The van der Waals surface area contributed by atoms with Crippen LogP contribution in [0.5, 0.6) is 0 Å². The van der Waals surface area contributed by atoms with Crippen molar-refractivity contribution in [2.24, 2.45) is 0 Å². The SMILES string of the molecule is Nc1ccc(/C=C/C(=O)N2CCN(C(=O)c3ccco3)CC2)cc1. The number of benzene rings is 1. The van der Waals surface area contributed by atoms with Crippen LogP contribution in [0.15, 0.2) is 53.2 Å². The Kier molecular flexibility index (Phi) is 4.65. The second kappa shape index (κ2) is 7.04. The second-order valence-electron chi connectivity index (χ2n) is 5.59. The van der Waals surface area contributed by atoms with E-state index in [1.165, 1.54) is 6.26 Å². The number of carbonyl (C=O) groups is 2. The molecule has 1 aliphatic heterocycles. The lowest BCUT2D eigenvalue weighted by atomic mass is 10.2. The van der Waals surface area contributed by atoms with Gasteiger partial charge in [0.2, 0.25) is 5.91 Å². The van der Waals surface area contributed by atoms with E-state index in [4.69, 9.17) is 10.2 Å². The third-order valence-electron chi connectivity index (χ3n) is 3.97. The molecule has 0 spiro atoms. The fourth-order valence-corrected chi connectivity index (χ4v) is 2.57. The van der Waals surface area contributed by atoms with E-state index in [2.05, 4.69) is 0 Å². The molecule has 0 radical (unpaired) electrons. The summed E-state index contributed by atoms with van der Waals surface area (Å²) in [5, 5.41) is 0. The maximum absolute atomic E-state index is 12.2. The van der Waals surface area contributed by atoms with E-state index in [-0.39, 0.29) is 11.8 Å². The molecule has 1 aliphatic rings. The van der Waals surface area contributed by atoms with E-state index in [1.54, 1.807) is 46.2 Å². The predicted molar refractivity (Wildman–Crippen MR) is 91.1 cm³/mol. The van der Waals surface area contributed by atoms with Crippen molar-refractivity contribution >= 4 is 23.6 Å². The number of amides is 2. The van der Waals surface area contributed by atoms with Gasteiger partial charge < -0.3 is 20.0 Å². The lowest BCUT2D eigenvalue weighted by molar-refractivity contribution is -0.127. The molecule has 1 aromatic carbocycles. The Balaban J connectivity index is 1.53. The Bertz CT molecular complexity index is 727. The molecule has 2 aromatic rings. The molecule has 0 saturated carbocycles. The van der Waals surface area contributed by atoms with Crippen LogP contribution in [0.25, 0.3) is 6.08 Å². The van der Waals surface area contributed by atoms with Crippen molar-refractivity contribution in [1.82, 2.24) is 9.80 Å². The molecule has 1 saturated heterocycles. The number of anilines is 1. The highest BCUT2D eigenvalue weighted by Crippen LogP contribution is 2.11.